The smallest absolute Gasteiger partial charge is 0.408 e. The van der Waals surface area contributed by atoms with Gasteiger partial charge < -0.3 is 25.9 Å². The van der Waals surface area contributed by atoms with Crippen molar-refractivity contribution in [2.24, 2.45) is 0 Å². The van der Waals surface area contributed by atoms with Crippen molar-refractivity contribution in [3.63, 3.8) is 0 Å². The summed E-state index contributed by atoms with van der Waals surface area (Å²) >= 11 is 0. The molecule has 23 heavy (non-hydrogen) atoms. The quantitative estimate of drug-likeness (QED) is 0.645. The lowest BCUT2D eigenvalue weighted by atomic mass is 10.0. The number of aromatic nitrogens is 1. The number of amides is 1. The highest BCUT2D eigenvalue weighted by Crippen LogP contribution is 2.24. The van der Waals surface area contributed by atoms with E-state index in [0.29, 0.717) is 5.69 Å². The zero-order chi connectivity index (χ0) is 17.2. The third-order valence-corrected chi connectivity index (χ3v) is 3.25. The number of carbonyl (C=O) groups excluding carboxylic acids is 1. The number of nitrogens with two attached hydrogens (primary N) is 1. The molecule has 0 aliphatic rings. The SMILES string of the molecule is CC(C)(C)OC(=O)NC(Cc1c[nH]c2c(N)cccc12)C(=O)O. The van der Waals surface area contributed by atoms with E-state index < -0.39 is 23.7 Å². The van der Waals surface area contributed by atoms with Crippen LogP contribution >= 0.6 is 0 Å². The predicted molar refractivity (Wildman–Crippen MR) is 87.2 cm³/mol. The van der Waals surface area contributed by atoms with Crippen molar-refractivity contribution in [3.05, 3.63) is 30.0 Å². The summed E-state index contributed by atoms with van der Waals surface area (Å²) in [4.78, 5) is 26.3. The topological polar surface area (TPSA) is 117 Å². The highest BCUT2D eigenvalue weighted by Gasteiger charge is 2.25. The molecule has 0 radical (unpaired) electrons. The summed E-state index contributed by atoms with van der Waals surface area (Å²) in [6, 6.07) is 4.32. The number of carboxylic acid groups (broad SMARTS) is 1. The maximum atomic E-state index is 11.8. The molecule has 7 heteroatoms. The number of ether oxygens (including phenoxy) is 1. The number of alkyl carbamates (subject to hydrolysis) is 1. The minimum atomic E-state index is -1.13. The molecular weight excluding hydrogens is 298 g/mol. The van der Waals surface area contributed by atoms with Gasteiger partial charge in [-0.2, -0.15) is 0 Å². The minimum absolute atomic E-state index is 0.123. The summed E-state index contributed by atoms with van der Waals surface area (Å²) in [7, 11) is 0. The fourth-order valence-corrected chi connectivity index (χ4v) is 2.27. The minimum Gasteiger partial charge on any atom is -0.480 e. The maximum Gasteiger partial charge on any atom is 0.408 e. The Kier molecular flexibility index (Phi) is 4.49. The lowest BCUT2D eigenvalue weighted by molar-refractivity contribution is -0.139. The number of rotatable bonds is 4. The predicted octanol–water partition coefficient (Wildman–Crippen LogP) is 2.27. The Morgan fingerprint density at radius 2 is 2.09 bits per heavy atom. The van der Waals surface area contributed by atoms with Crippen LogP contribution in [0.3, 0.4) is 0 Å². The van der Waals surface area contributed by atoms with E-state index in [-0.39, 0.29) is 6.42 Å². The molecule has 1 amide bonds. The Labute approximate surface area is 133 Å². The van der Waals surface area contributed by atoms with Gasteiger partial charge in [0.15, 0.2) is 0 Å². The highest BCUT2D eigenvalue weighted by molar-refractivity contribution is 5.93. The first-order valence-corrected chi connectivity index (χ1v) is 7.24. The third-order valence-electron chi connectivity index (χ3n) is 3.25. The van der Waals surface area contributed by atoms with Crippen molar-refractivity contribution in [2.75, 3.05) is 5.73 Å². The first-order valence-electron chi connectivity index (χ1n) is 7.24. The Bertz CT molecular complexity index is 730. The first kappa shape index (κ1) is 16.7. The summed E-state index contributed by atoms with van der Waals surface area (Å²) in [5.41, 5.74) is 7.28. The fourth-order valence-electron chi connectivity index (χ4n) is 2.27. The number of aromatic amines is 1. The Balaban J connectivity index is 2.17. The molecule has 0 aliphatic carbocycles. The van der Waals surface area contributed by atoms with Gasteiger partial charge in [-0.1, -0.05) is 12.1 Å². The number of carboxylic acids is 1. The van der Waals surface area contributed by atoms with Gasteiger partial charge in [0.2, 0.25) is 0 Å². The number of nitrogens with one attached hydrogen (secondary N) is 2. The summed E-state index contributed by atoms with van der Waals surface area (Å²) in [5.74, 6) is -1.13. The van der Waals surface area contributed by atoms with Gasteiger partial charge in [0.05, 0.1) is 11.2 Å². The van der Waals surface area contributed by atoms with Crippen LogP contribution in [0.4, 0.5) is 10.5 Å². The lowest BCUT2D eigenvalue weighted by Crippen LogP contribution is -2.44. The van der Waals surface area contributed by atoms with Crippen LogP contribution in [0.1, 0.15) is 26.3 Å². The Morgan fingerprint density at radius 3 is 2.70 bits per heavy atom. The van der Waals surface area contributed by atoms with Crippen molar-refractivity contribution < 1.29 is 19.4 Å². The number of carbonyl (C=O) groups is 2. The molecule has 1 aromatic heterocycles. The van der Waals surface area contributed by atoms with Crippen LogP contribution in [0.25, 0.3) is 10.9 Å². The van der Waals surface area contributed by atoms with Gasteiger partial charge >= 0.3 is 12.1 Å². The van der Waals surface area contributed by atoms with Gasteiger partial charge in [0.25, 0.3) is 0 Å². The standard InChI is InChI=1S/C16H21N3O4/c1-16(2,3)23-15(22)19-12(14(20)21)7-9-8-18-13-10(9)5-4-6-11(13)17/h4-6,8,12,18H,7,17H2,1-3H3,(H,19,22)(H,20,21). The first-order chi connectivity index (χ1) is 10.7. The number of benzene rings is 1. The molecule has 0 saturated heterocycles. The lowest BCUT2D eigenvalue weighted by Gasteiger charge is -2.22. The second-order valence-corrected chi connectivity index (χ2v) is 6.32. The molecule has 0 saturated carbocycles. The maximum absolute atomic E-state index is 11.8. The van der Waals surface area contributed by atoms with Crippen LogP contribution in [0.5, 0.6) is 0 Å². The van der Waals surface area contributed by atoms with E-state index in [4.69, 9.17) is 10.5 Å². The molecule has 124 valence electrons. The van der Waals surface area contributed by atoms with Crippen LogP contribution in [-0.4, -0.2) is 33.8 Å². The molecule has 1 aromatic carbocycles. The fraction of sp³-hybridized carbons (Fsp3) is 0.375. The van der Waals surface area contributed by atoms with Crippen molar-refractivity contribution >= 4 is 28.7 Å². The second-order valence-electron chi connectivity index (χ2n) is 6.32. The van der Waals surface area contributed by atoms with E-state index in [0.717, 1.165) is 16.5 Å². The normalized spacial score (nSPS) is 12.8. The molecule has 1 unspecified atom stereocenters. The molecule has 7 nitrogen and oxygen atoms in total. The number of aliphatic carboxylic acids is 1. The van der Waals surface area contributed by atoms with E-state index in [2.05, 4.69) is 10.3 Å². The van der Waals surface area contributed by atoms with Gasteiger partial charge in [0.1, 0.15) is 11.6 Å². The number of anilines is 1. The summed E-state index contributed by atoms with van der Waals surface area (Å²) < 4.78 is 5.10. The molecule has 5 N–H and O–H groups in total. The van der Waals surface area contributed by atoms with Crippen LogP contribution in [0.15, 0.2) is 24.4 Å². The largest absolute Gasteiger partial charge is 0.480 e. The van der Waals surface area contributed by atoms with Crippen molar-refractivity contribution in [3.8, 4) is 0 Å². The molecule has 0 aliphatic heterocycles. The average Bonchev–Trinajstić information content (AvgIpc) is 2.80. The second kappa shape index (κ2) is 6.20. The van der Waals surface area contributed by atoms with Gasteiger partial charge in [0, 0.05) is 18.0 Å². The third kappa shape index (κ3) is 4.15. The van der Waals surface area contributed by atoms with E-state index in [9.17, 15) is 14.7 Å². The molecule has 1 atom stereocenters. The Hall–Kier alpha value is -2.70. The molecule has 0 spiro atoms. The van der Waals surface area contributed by atoms with Crippen LogP contribution in [-0.2, 0) is 16.0 Å². The van der Waals surface area contributed by atoms with E-state index >= 15 is 0 Å². The van der Waals surface area contributed by atoms with Gasteiger partial charge in [-0.3, -0.25) is 0 Å². The van der Waals surface area contributed by atoms with Gasteiger partial charge in [-0.15, -0.1) is 0 Å². The molecule has 0 bridgehead atoms. The highest BCUT2D eigenvalue weighted by atomic mass is 16.6. The molecule has 2 aromatic rings. The van der Waals surface area contributed by atoms with Crippen LogP contribution in [0.2, 0.25) is 0 Å². The zero-order valence-electron chi connectivity index (χ0n) is 13.3. The molecule has 2 rings (SSSR count). The van der Waals surface area contributed by atoms with Gasteiger partial charge in [-0.05, 0) is 32.4 Å². The van der Waals surface area contributed by atoms with Crippen molar-refractivity contribution in [1.29, 1.82) is 0 Å². The van der Waals surface area contributed by atoms with E-state index in [1.54, 1.807) is 39.1 Å². The number of H-pyrrole nitrogens is 1. The number of hydrogen-bond donors (Lipinski definition) is 4. The van der Waals surface area contributed by atoms with Gasteiger partial charge in [-0.25, -0.2) is 9.59 Å². The van der Waals surface area contributed by atoms with E-state index in [1.165, 1.54) is 0 Å². The monoisotopic (exact) mass is 319 g/mol. The molecule has 0 fully saturated rings. The Morgan fingerprint density at radius 1 is 1.39 bits per heavy atom. The summed E-state index contributed by atoms with van der Waals surface area (Å²) in [5, 5.41) is 12.6. The van der Waals surface area contributed by atoms with E-state index in [1.807, 2.05) is 6.07 Å². The molecular formula is C16H21N3O4. The van der Waals surface area contributed by atoms with Crippen LogP contribution < -0.4 is 11.1 Å². The number of nitrogen functional groups attached to an aromatic ring is 1. The average molecular weight is 319 g/mol. The van der Waals surface area contributed by atoms with Crippen LogP contribution in [0, 0.1) is 0 Å². The number of fused-ring (bicyclic) bond motifs is 1. The zero-order valence-corrected chi connectivity index (χ0v) is 13.3. The van der Waals surface area contributed by atoms with Crippen molar-refractivity contribution in [2.45, 2.75) is 38.8 Å². The number of hydrogen-bond acceptors (Lipinski definition) is 4. The number of para-hydroxylation sites is 1. The summed E-state index contributed by atoms with van der Waals surface area (Å²) in [6.45, 7) is 5.14. The summed E-state index contributed by atoms with van der Waals surface area (Å²) in [6.07, 6.45) is 1.07. The van der Waals surface area contributed by atoms with Crippen molar-refractivity contribution in [1.82, 2.24) is 10.3 Å². The molecule has 1 heterocycles.